The quantitative estimate of drug-likeness (QED) is 0.526. The fourth-order valence-corrected chi connectivity index (χ4v) is 4.25. The molecule has 0 bridgehead atoms. The Morgan fingerprint density at radius 3 is 2.80 bits per heavy atom. The minimum Gasteiger partial charge on any atom is -0.377 e. The van der Waals surface area contributed by atoms with Crippen LogP contribution in [0.25, 0.3) is 16.6 Å². The molecule has 0 saturated carbocycles. The van der Waals surface area contributed by atoms with Gasteiger partial charge < -0.3 is 4.74 Å². The maximum atomic E-state index is 13.2. The summed E-state index contributed by atoms with van der Waals surface area (Å²) in [5, 5.41) is 1.38. The van der Waals surface area contributed by atoms with Crippen LogP contribution in [-0.4, -0.2) is 28.0 Å². The molecule has 3 aromatic rings. The first-order valence-corrected chi connectivity index (χ1v) is 9.55. The molecule has 1 aliphatic heterocycles. The first kappa shape index (κ1) is 16.4. The molecular formula is C20H20N2O2S. The summed E-state index contributed by atoms with van der Waals surface area (Å²) in [4.78, 5) is 18.0. The molecular weight excluding hydrogens is 332 g/mol. The van der Waals surface area contributed by atoms with Crippen LogP contribution in [0.4, 0.5) is 0 Å². The number of benzene rings is 2. The minimum absolute atomic E-state index is 0.0188. The highest BCUT2D eigenvalue weighted by Gasteiger charge is 2.19. The molecule has 128 valence electrons. The van der Waals surface area contributed by atoms with E-state index in [1.165, 1.54) is 0 Å². The van der Waals surface area contributed by atoms with Gasteiger partial charge in [-0.25, -0.2) is 4.98 Å². The lowest BCUT2D eigenvalue weighted by Gasteiger charge is -2.16. The van der Waals surface area contributed by atoms with Crippen molar-refractivity contribution in [3.05, 3.63) is 64.4 Å². The van der Waals surface area contributed by atoms with E-state index >= 15 is 0 Å². The summed E-state index contributed by atoms with van der Waals surface area (Å²) < 4.78 is 7.47. The van der Waals surface area contributed by atoms with Gasteiger partial charge in [0.05, 0.1) is 22.7 Å². The van der Waals surface area contributed by atoms with Gasteiger partial charge in [0, 0.05) is 12.4 Å². The fraction of sp³-hybridized carbons (Fsp3) is 0.300. The lowest BCUT2D eigenvalue weighted by atomic mass is 10.2. The molecule has 4 nitrogen and oxygen atoms in total. The molecule has 1 atom stereocenters. The van der Waals surface area contributed by atoms with E-state index in [9.17, 15) is 4.79 Å². The third-order valence-electron chi connectivity index (χ3n) is 4.52. The molecule has 0 N–H and O–H groups in total. The van der Waals surface area contributed by atoms with Crippen molar-refractivity contribution in [3.8, 4) is 5.69 Å². The molecule has 5 heteroatoms. The van der Waals surface area contributed by atoms with Crippen molar-refractivity contribution < 1.29 is 4.74 Å². The van der Waals surface area contributed by atoms with Gasteiger partial charge in [-0.15, -0.1) is 0 Å². The second-order valence-corrected chi connectivity index (χ2v) is 7.27. The monoisotopic (exact) mass is 352 g/mol. The van der Waals surface area contributed by atoms with Crippen molar-refractivity contribution >= 4 is 22.7 Å². The highest BCUT2D eigenvalue weighted by atomic mass is 32.2. The maximum Gasteiger partial charge on any atom is 0.266 e. The summed E-state index contributed by atoms with van der Waals surface area (Å²) >= 11 is 1.60. The summed E-state index contributed by atoms with van der Waals surface area (Å²) in [7, 11) is 0. The average Bonchev–Trinajstić information content (AvgIpc) is 3.15. The van der Waals surface area contributed by atoms with Crippen LogP contribution in [0.15, 0.2) is 58.5 Å². The van der Waals surface area contributed by atoms with Crippen molar-refractivity contribution in [1.82, 2.24) is 9.55 Å². The van der Waals surface area contributed by atoms with Gasteiger partial charge in [0.1, 0.15) is 0 Å². The third-order valence-corrected chi connectivity index (χ3v) is 5.59. The van der Waals surface area contributed by atoms with Crippen LogP contribution < -0.4 is 5.56 Å². The van der Waals surface area contributed by atoms with Crippen molar-refractivity contribution in [2.75, 3.05) is 12.4 Å². The summed E-state index contributed by atoms with van der Waals surface area (Å²) in [6, 6.07) is 15.5. The maximum absolute atomic E-state index is 13.2. The van der Waals surface area contributed by atoms with E-state index in [-0.39, 0.29) is 11.7 Å². The number of nitrogens with zero attached hydrogens (tertiary/aromatic N) is 2. The molecule has 0 spiro atoms. The summed E-state index contributed by atoms with van der Waals surface area (Å²) in [5.41, 5.74) is 2.67. The number of ether oxygens (including phenoxy) is 1. The van der Waals surface area contributed by atoms with Crippen molar-refractivity contribution in [2.45, 2.75) is 31.0 Å². The van der Waals surface area contributed by atoms with Crippen LogP contribution in [0.3, 0.4) is 0 Å². The molecule has 25 heavy (non-hydrogen) atoms. The molecule has 1 aromatic heterocycles. The van der Waals surface area contributed by atoms with Gasteiger partial charge in [-0.3, -0.25) is 9.36 Å². The molecule has 2 aromatic carbocycles. The Morgan fingerprint density at radius 2 is 2.00 bits per heavy atom. The van der Waals surface area contributed by atoms with E-state index < -0.39 is 0 Å². The standard InChI is InChI=1S/C20H20N2O2S/c1-14-7-2-5-11-18(14)22-19(23)16-9-3-4-10-17(16)21-20(22)25-13-15-8-6-12-24-15/h2-5,7,9-11,15H,6,8,12-13H2,1H3. The number of thioether (sulfide) groups is 1. The van der Waals surface area contributed by atoms with E-state index in [0.717, 1.165) is 47.1 Å². The zero-order valence-electron chi connectivity index (χ0n) is 14.1. The summed E-state index contributed by atoms with van der Waals surface area (Å²) in [6.45, 7) is 2.85. The van der Waals surface area contributed by atoms with Crippen LogP contribution in [0.1, 0.15) is 18.4 Å². The number of aromatic nitrogens is 2. The van der Waals surface area contributed by atoms with E-state index in [4.69, 9.17) is 9.72 Å². The van der Waals surface area contributed by atoms with Gasteiger partial charge in [-0.1, -0.05) is 42.1 Å². The van der Waals surface area contributed by atoms with Crippen LogP contribution in [0.5, 0.6) is 0 Å². The summed E-state index contributed by atoms with van der Waals surface area (Å²) in [5.74, 6) is 0.816. The van der Waals surface area contributed by atoms with Crippen molar-refractivity contribution in [3.63, 3.8) is 0 Å². The van der Waals surface area contributed by atoms with E-state index in [1.54, 1.807) is 16.3 Å². The zero-order valence-corrected chi connectivity index (χ0v) is 15.0. The van der Waals surface area contributed by atoms with Gasteiger partial charge in [-0.2, -0.15) is 0 Å². The van der Waals surface area contributed by atoms with Gasteiger partial charge in [-0.05, 0) is 43.5 Å². The topological polar surface area (TPSA) is 44.1 Å². The Hall–Kier alpha value is -2.11. The van der Waals surface area contributed by atoms with E-state index in [0.29, 0.717) is 5.39 Å². The molecule has 1 unspecified atom stereocenters. The molecule has 0 radical (unpaired) electrons. The third kappa shape index (κ3) is 3.22. The largest absolute Gasteiger partial charge is 0.377 e. The Bertz CT molecular complexity index is 961. The predicted molar refractivity (Wildman–Crippen MR) is 102 cm³/mol. The first-order chi connectivity index (χ1) is 12.2. The SMILES string of the molecule is Cc1ccccc1-n1c(SCC2CCCO2)nc2ccccc2c1=O. The van der Waals surface area contributed by atoms with E-state index in [2.05, 4.69) is 0 Å². The Kier molecular flexibility index (Phi) is 4.59. The van der Waals surface area contributed by atoms with Crippen LogP contribution >= 0.6 is 11.8 Å². The number of aryl methyl sites for hydroxylation is 1. The highest BCUT2D eigenvalue weighted by molar-refractivity contribution is 7.99. The van der Waals surface area contributed by atoms with Gasteiger partial charge in [0.15, 0.2) is 5.16 Å². The molecule has 2 heterocycles. The average molecular weight is 352 g/mol. The molecule has 1 saturated heterocycles. The van der Waals surface area contributed by atoms with Gasteiger partial charge >= 0.3 is 0 Å². The lowest BCUT2D eigenvalue weighted by molar-refractivity contribution is 0.129. The highest BCUT2D eigenvalue weighted by Crippen LogP contribution is 2.26. The molecule has 0 amide bonds. The van der Waals surface area contributed by atoms with E-state index in [1.807, 2.05) is 55.5 Å². The zero-order chi connectivity index (χ0) is 17.2. The molecule has 1 aliphatic rings. The Morgan fingerprint density at radius 1 is 1.20 bits per heavy atom. The predicted octanol–water partition coefficient (Wildman–Crippen LogP) is 3.97. The Labute approximate surface area is 150 Å². The number of hydrogen-bond donors (Lipinski definition) is 0. The summed E-state index contributed by atoms with van der Waals surface area (Å²) in [6.07, 6.45) is 2.44. The van der Waals surface area contributed by atoms with Crippen molar-refractivity contribution in [1.29, 1.82) is 0 Å². The van der Waals surface area contributed by atoms with Crippen LogP contribution in [0.2, 0.25) is 0 Å². The number of para-hydroxylation sites is 2. The number of rotatable bonds is 4. The smallest absolute Gasteiger partial charge is 0.266 e. The lowest BCUT2D eigenvalue weighted by Crippen LogP contribution is -2.23. The van der Waals surface area contributed by atoms with Gasteiger partial charge in [0.25, 0.3) is 5.56 Å². The normalized spacial score (nSPS) is 17.2. The Balaban J connectivity index is 1.85. The number of fused-ring (bicyclic) bond motifs is 1. The first-order valence-electron chi connectivity index (χ1n) is 8.56. The molecule has 1 fully saturated rings. The second kappa shape index (κ2) is 7.02. The fourth-order valence-electron chi connectivity index (χ4n) is 3.18. The number of hydrogen-bond acceptors (Lipinski definition) is 4. The second-order valence-electron chi connectivity index (χ2n) is 6.28. The van der Waals surface area contributed by atoms with Crippen molar-refractivity contribution in [2.24, 2.45) is 0 Å². The molecule has 4 rings (SSSR count). The molecule has 0 aliphatic carbocycles. The minimum atomic E-state index is -0.0188. The van der Waals surface area contributed by atoms with Crippen LogP contribution in [-0.2, 0) is 4.74 Å². The van der Waals surface area contributed by atoms with Crippen LogP contribution in [0, 0.1) is 6.92 Å². The van der Waals surface area contributed by atoms with Gasteiger partial charge in [0.2, 0.25) is 0 Å².